The molecule has 104 valence electrons. The van der Waals surface area contributed by atoms with Gasteiger partial charge in [-0.05, 0) is 30.2 Å². The Balaban J connectivity index is 1.91. The molecular weight excluding hydrogens is 250 g/mol. The highest BCUT2D eigenvalue weighted by molar-refractivity contribution is 5.79. The first-order valence-electron chi connectivity index (χ1n) is 6.66. The first-order valence-corrected chi connectivity index (χ1v) is 6.66. The first-order chi connectivity index (χ1) is 9.69. The number of amides is 1. The van der Waals surface area contributed by atoms with Crippen LogP contribution in [0.25, 0.3) is 0 Å². The molecule has 0 heterocycles. The number of carbonyl (C=O) groups is 1. The Morgan fingerprint density at radius 3 is 2.35 bits per heavy atom. The molecule has 0 aliphatic rings. The Labute approximate surface area is 119 Å². The van der Waals surface area contributed by atoms with Crippen LogP contribution in [0.4, 0.5) is 0 Å². The van der Waals surface area contributed by atoms with E-state index in [2.05, 4.69) is 5.32 Å². The molecule has 0 saturated carbocycles. The zero-order valence-corrected chi connectivity index (χ0v) is 11.8. The predicted molar refractivity (Wildman–Crippen MR) is 79.7 cm³/mol. The third-order valence-electron chi connectivity index (χ3n) is 3.20. The molecule has 3 nitrogen and oxygen atoms in total. The molecule has 0 aliphatic carbocycles. The summed E-state index contributed by atoms with van der Waals surface area (Å²) in [7, 11) is 1.63. The van der Waals surface area contributed by atoms with Gasteiger partial charge in [0.15, 0.2) is 0 Å². The Kier molecular flexibility index (Phi) is 4.77. The van der Waals surface area contributed by atoms with Crippen molar-refractivity contribution in [3.8, 4) is 5.75 Å². The van der Waals surface area contributed by atoms with E-state index in [1.165, 1.54) is 0 Å². The van der Waals surface area contributed by atoms with Gasteiger partial charge in [-0.2, -0.15) is 0 Å². The summed E-state index contributed by atoms with van der Waals surface area (Å²) < 4.78 is 5.10. The van der Waals surface area contributed by atoms with Crippen molar-refractivity contribution in [1.29, 1.82) is 0 Å². The van der Waals surface area contributed by atoms with Crippen LogP contribution < -0.4 is 10.1 Å². The summed E-state index contributed by atoms with van der Waals surface area (Å²) in [5.74, 6) is 0.818. The number of hydrogen-bond donors (Lipinski definition) is 1. The summed E-state index contributed by atoms with van der Waals surface area (Å²) in [6, 6.07) is 17.5. The molecule has 2 rings (SSSR count). The van der Waals surface area contributed by atoms with Crippen LogP contribution in [0.15, 0.2) is 54.6 Å². The fourth-order valence-corrected chi connectivity index (χ4v) is 2.05. The van der Waals surface area contributed by atoms with Crippen LogP contribution in [0, 0.1) is 0 Å². The zero-order chi connectivity index (χ0) is 14.4. The second kappa shape index (κ2) is 6.75. The molecule has 0 saturated heterocycles. The molecule has 2 aromatic carbocycles. The van der Waals surface area contributed by atoms with Gasteiger partial charge in [-0.25, -0.2) is 0 Å². The highest BCUT2D eigenvalue weighted by atomic mass is 16.5. The lowest BCUT2D eigenvalue weighted by atomic mass is 10.1. The van der Waals surface area contributed by atoms with Crippen LogP contribution in [0.3, 0.4) is 0 Å². The number of rotatable bonds is 5. The van der Waals surface area contributed by atoms with Gasteiger partial charge in [0, 0.05) is 0 Å². The molecule has 0 spiro atoms. The van der Waals surface area contributed by atoms with E-state index >= 15 is 0 Å². The number of carbonyl (C=O) groups excluding carboxylic acids is 1. The maximum Gasteiger partial charge on any atom is 0.224 e. The number of ether oxygens (including phenoxy) is 1. The van der Waals surface area contributed by atoms with Gasteiger partial charge in [0.2, 0.25) is 5.91 Å². The van der Waals surface area contributed by atoms with Crippen LogP contribution in [0.2, 0.25) is 0 Å². The summed E-state index contributed by atoms with van der Waals surface area (Å²) in [6.07, 6.45) is 0.376. The van der Waals surface area contributed by atoms with E-state index in [0.29, 0.717) is 6.42 Å². The van der Waals surface area contributed by atoms with Crippen LogP contribution in [-0.4, -0.2) is 13.0 Å². The topological polar surface area (TPSA) is 38.3 Å². The molecule has 1 unspecified atom stereocenters. The second-order valence-corrected chi connectivity index (χ2v) is 4.72. The molecule has 1 atom stereocenters. The van der Waals surface area contributed by atoms with Crippen molar-refractivity contribution < 1.29 is 9.53 Å². The van der Waals surface area contributed by atoms with E-state index in [9.17, 15) is 4.79 Å². The Morgan fingerprint density at radius 1 is 1.10 bits per heavy atom. The van der Waals surface area contributed by atoms with Crippen molar-refractivity contribution in [2.75, 3.05) is 7.11 Å². The average Bonchev–Trinajstić information content (AvgIpc) is 2.49. The van der Waals surface area contributed by atoms with E-state index in [1.807, 2.05) is 61.5 Å². The summed E-state index contributed by atoms with van der Waals surface area (Å²) in [6.45, 7) is 1.99. The van der Waals surface area contributed by atoms with E-state index in [1.54, 1.807) is 7.11 Å². The monoisotopic (exact) mass is 269 g/mol. The van der Waals surface area contributed by atoms with Gasteiger partial charge in [-0.15, -0.1) is 0 Å². The first kappa shape index (κ1) is 14.1. The Morgan fingerprint density at radius 2 is 1.75 bits per heavy atom. The molecule has 1 amide bonds. The molecule has 1 N–H and O–H groups in total. The average molecular weight is 269 g/mol. The maximum atomic E-state index is 12.0. The third-order valence-corrected chi connectivity index (χ3v) is 3.20. The standard InChI is InChI=1S/C17H19NO2/c1-13(15-6-4-3-5-7-15)18-17(19)12-14-8-10-16(20-2)11-9-14/h3-11,13H,12H2,1-2H3,(H,18,19). The molecule has 0 radical (unpaired) electrons. The Hall–Kier alpha value is -2.29. The molecule has 2 aromatic rings. The lowest BCUT2D eigenvalue weighted by molar-refractivity contribution is -0.121. The van der Waals surface area contributed by atoms with Gasteiger partial charge < -0.3 is 10.1 Å². The molecule has 20 heavy (non-hydrogen) atoms. The summed E-state index contributed by atoms with van der Waals surface area (Å²) in [4.78, 5) is 12.0. The van der Waals surface area contributed by atoms with Crippen molar-refractivity contribution in [2.45, 2.75) is 19.4 Å². The fraction of sp³-hybridized carbons (Fsp3) is 0.235. The summed E-state index contributed by atoms with van der Waals surface area (Å²) in [5, 5.41) is 3.00. The van der Waals surface area contributed by atoms with Crippen LogP contribution in [0.5, 0.6) is 5.75 Å². The normalized spacial score (nSPS) is 11.7. The van der Waals surface area contributed by atoms with Gasteiger partial charge in [-0.1, -0.05) is 42.5 Å². The van der Waals surface area contributed by atoms with Crippen molar-refractivity contribution in [2.24, 2.45) is 0 Å². The van der Waals surface area contributed by atoms with Crippen molar-refractivity contribution in [3.63, 3.8) is 0 Å². The van der Waals surface area contributed by atoms with Gasteiger partial charge >= 0.3 is 0 Å². The molecular formula is C17H19NO2. The SMILES string of the molecule is COc1ccc(CC(=O)NC(C)c2ccccc2)cc1. The highest BCUT2D eigenvalue weighted by Gasteiger charge is 2.09. The van der Waals surface area contributed by atoms with E-state index in [0.717, 1.165) is 16.9 Å². The smallest absolute Gasteiger partial charge is 0.224 e. The van der Waals surface area contributed by atoms with E-state index in [4.69, 9.17) is 4.74 Å². The highest BCUT2D eigenvalue weighted by Crippen LogP contribution is 2.13. The number of nitrogens with one attached hydrogen (secondary N) is 1. The fourth-order valence-electron chi connectivity index (χ4n) is 2.05. The van der Waals surface area contributed by atoms with Gasteiger partial charge in [-0.3, -0.25) is 4.79 Å². The van der Waals surface area contributed by atoms with Crippen LogP contribution >= 0.6 is 0 Å². The summed E-state index contributed by atoms with van der Waals surface area (Å²) >= 11 is 0. The quantitative estimate of drug-likeness (QED) is 0.905. The molecule has 0 aliphatic heterocycles. The van der Waals surface area contributed by atoms with Crippen LogP contribution in [0.1, 0.15) is 24.1 Å². The summed E-state index contributed by atoms with van der Waals surface area (Å²) in [5.41, 5.74) is 2.08. The molecule has 3 heteroatoms. The molecule has 0 aromatic heterocycles. The van der Waals surface area contributed by atoms with Gasteiger partial charge in [0.1, 0.15) is 5.75 Å². The van der Waals surface area contributed by atoms with Crippen molar-refractivity contribution >= 4 is 5.91 Å². The van der Waals surface area contributed by atoms with Gasteiger partial charge in [0.05, 0.1) is 19.6 Å². The maximum absolute atomic E-state index is 12.0. The lowest BCUT2D eigenvalue weighted by Gasteiger charge is -2.14. The van der Waals surface area contributed by atoms with Gasteiger partial charge in [0.25, 0.3) is 0 Å². The lowest BCUT2D eigenvalue weighted by Crippen LogP contribution is -2.28. The van der Waals surface area contributed by atoms with E-state index in [-0.39, 0.29) is 11.9 Å². The minimum atomic E-state index is 0.0157. The second-order valence-electron chi connectivity index (χ2n) is 4.72. The third kappa shape index (κ3) is 3.85. The minimum Gasteiger partial charge on any atom is -0.497 e. The number of hydrogen-bond acceptors (Lipinski definition) is 2. The minimum absolute atomic E-state index is 0.0157. The Bertz CT molecular complexity index is 549. The molecule has 0 fully saturated rings. The number of methoxy groups -OCH3 is 1. The molecule has 0 bridgehead atoms. The van der Waals surface area contributed by atoms with Crippen molar-refractivity contribution in [3.05, 3.63) is 65.7 Å². The number of benzene rings is 2. The van der Waals surface area contributed by atoms with Crippen molar-refractivity contribution in [1.82, 2.24) is 5.32 Å². The van der Waals surface area contributed by atoms with Crippen LogP contribution in [-0.2, 0) is 11.2 Å². The largest absolute Gasteiger partial charge is 0.497 e. The van der Waals surface area contributed by atoms with E-state index < -0.39 is 0 Å². The zero-order valence-electron chi connectivity index (χ0n) is 11.8. The predicted octanol–water partition coefficient (Wildman–Crippen LogP) is 3.12.